The summed E-state index contributed by atoms with van der Waals surface area (Å²) >= 11 is 0. The van der Waals surface area contributed by atoms with Gasteiger partial charge in [0.1, 0.15) is 0 Å². The lowest BCUT2D eigenvalue weighted by atomic mass is 10.1. The van der Waals surface area contributed by atoms with E-state index in [0.29, 0.717) is 12.7 Å². The lowest BCUT2D eigenvalue weighted by Gasteiger charge is -2.13. The van der Waals surface area contributed by atoms with Crippen LogP contribution >= 0.6 is 0 Å². The van der Waals surface area contributed by atoms with Crippen LogP contribution < -0.4 is 20.1 Å². The number of nitrogens with one attached hydrogen (secondary N) is 2. The molecule has 1 saturated heterocycles. The van der Waals surface area contributed by atoms with Crippen LogP contribution in [0.15, 0.2) is 23.2 Å². The van der Waals surface area contributed by atoms with E-state index in [9.17, 15) is 0 Å². The van der Waals surface area contributed by atoms with E-state index in [1.807, 2.05) is 12.1 Å². The Labute approximate surface area is 175 Å². The third-order valence-electron chi connectivity index (χ3n) is 4.77. The zero-order valence-electron chi connectivity index (χ0n) is 18.2. The molecule has 164 valence electrons. The van der Waals surface area contributed by atoms with Crippen molar-refractivity contribution in [2.75, 3.05) is 53.7 Å². The highest BCUT2D eigenvalue weighted by molar-refractivity contribution is 5.79. The molecule has 1 atom stereocenters. The Balaban J connectivity index is 1.63. The largest absolute Gasteiger partial charge is 0.493 e. The Hall–Kier alpha value is -1.99. The first-order chi connectivity index (χ1) is 14.3. The van der Waals surface area contributed by atoms with Gasteiger partial charge < -0.3 is 29.6 Å². The topological polar surface area (TPSA) is 73.3 Å². The number of guanidine groups is 1. The minimum absolute atomic E-state index is 0.299. The molecule has 1 heterocycles. The zero-order valence-corrected chi connectivity index (χ0v) is 18.2. The molecule has 29 heavy (non-hydrogen) atoms. The van der Waals surface area contributed by atoms with Crippen molar-refractivity contribution < 1.29 is 18.9 Å². The Morgan fingerprint density at radius 2 is 2.03 bits per heavy atom. The van der Waals surface area contributed by atoms with E-state index in [0.717, 1.165) is 82.4 Å². The van der Waals surface area contributed by atoms with Crippen LogP contribution in [0.2, 0.25) is 0 Å². The molecule has 1 aliphatic heterocycles. The molecular weight excluding hydrogens is 370 g/mol. The molecular formula is C22H37N3O4. The van der Waals surface area contributed by atoms with Crippen LogP contribution in [0.1, 0.15) is 38.2 Å². The van der Waals surface area contributed by atoms with Gasteiger partial charge in [0.05, 0.1) is 26.9 Å². The van der Waals surface area contributed by atoms with Crippen LogP contribution in [0.25, 0.3) is 0 Å². The van der Waals surface area contributed by atoms with Gasteiger partial charge in [-0.1, -0.05) is 6.07 Å². The summed E-state index contributed by atoms with van der Waals surface area (Å²) in [5.41, 5.74) is 1.22. The molecule has 0 bridgehead atoms. The summed E-state index contributed by atoms with van der Waals surface area (Å²) in [6.07, 6.45) is 5.44. The molecule has 0 radical (unpaired) electrons. The molecule has 0 aromatic heterocycles. The summed E-state index contributed by atoms with van der Waals surface area (Å²) in [7, 11) is 3.31. The van der Waals surface area contributed by atoms with Crippen molar-refractivity contribution in [3.63, 3.8) is 0 Å². The highest BCUT2D eigenvalue weighted by Crippen LogP contribution is 2.27. The summed E-state index contributed by atoms with van der Waals surface area (Å²) in [5, 5.41) is 6.66. The Morgan fingerprint density at radius 3 is 2.76 bits per heavy atom. The number of methoxy groups -OCH3 is 2. The average Bonchev–Trinajstić information content (AvgIpc) is 3.26. The summed E-state index contributed by atoms with van der Waals surface area (Å²) in [6.45, 7) is 6.86. The van der Waals surface area contributed by atoms with Crippen LogP contribution in [0.4, 0.5) is 0 Å². The van der Waals surface area contributed by atoms with Gasteiger partial charge in [-0.05, 0) is 56.7 Å². The fraction of sp³-hybridized carbons (Fsp3) is 0.682. The molecule has 7 nitrogen and oxygen atoms in total. The molecule has 1 fully saturated rings. The van der Waals surface area contributed by atoms with E-state index < -0.39 is 0 Å². The number of rotatable bonds is 13. The first-order valence-corrected chi connectivity index (χ1v) is 10.7. The van der Waals surface area contributed by atoms with Crippen LogP contribution in [0.5, 0.6) is 11.5 Å². The van der Waals surface area contributed by atoms with Crippen LogP contribution in [-0.2, 0) is 15.9 Å². The van der Waals surface area contributed by atoms with E-state index in [4.69, 9.17) is 18.9 Å². The number of ether oxygens (including phenoxy) is 4. The number of hydrogen-bond donors (Lipinski definition) is 2. The third-order valence-corrected chi connectivity index (χ3v) is 4.77. The molecule has 2 N–H and O–H groups in total. The number of benzene rings is 1. The first kappa shape index (κ1) is 23.3. The van der Waals surface area contributed by atoms with Crippen molar-refractivity contribution in [3.05, 3.63) is 23.8 Å². The highest BCUT2D eigenvalue weighted by atomic mass is 16.5. The quantitative estimate of drug-likeness (QED) is 0.298. The van der Waals surface area contributed by atoms with Crippen molar-refractivity contribution in [1.82, 2.24) is 10.6 Å². The molecule has 0 aliphatic carbocycles. The Bertz CT molecular complexity index is 604. The summed E-state index contributed by atoms with van der Waals surface area (Å²) in [5.74, 6) is 2.39. The standard InChI is InChI=1S/C22H37N3O4/c1-4-23-22(25-13-7-14-28-17-19-9-6-15-29-19)24-12-5-8-18-10-11-20(26-2)21(16-18)27-3/h10-11,16,19H,4-9,12-15,17H2,1-3H3,(H2,23,24,25). The minimum atomic E-state index is 0.299. The lowest BCUT2D eigenvalue weighted by Crippen LogP contribution is -2.38. The van der Waals surface area contributed by atoms with Crippen LogP contribution in [-0.4, -0.2) is 65.7 Å². The van der Waals surface area contributed by atoms with Gasteiger partial charge in [-0.25, -0.2) is 0 Å². The van der Waals surface area contributed by atoms with E-state index in [-0.39, 0.29) is 0 Å². The van der Waals surface area contributed by atoms with Crippen LogP contribution in [0.3, 0.4) is 0 Å². The van der Waals surface area contributed by atoms with Crippen molar-refractivity contribution in [2.24, 2.45) is 4.99 Å². The van der Waals surface area contributed by atoms with Gasteiger partial charge in [-0.2, -0.15) is 0 Å². The minimum Gasteiger partial charge on any atom is -0.493 e. The Kier molecular flexibility index (Phi) is 11.3. The van der Waals surface area contributed by atoms with Crippen molar-refractivity contribution in [1.29, 1.82) is 0 Å². The molecule has 1 aromatic carbocycles. The summed E-state index contributed by atoms with van der Waals surface area (Å²) in [4.78, 5) is 4.66. The molecule has 2 rings (SSSR count). The van der Waals surface area contributed by atoms with Gasteiger partial charge in [0.15, 0.2) is 17.5 Å². The average molecular weight is 408 g/mol. The maximum Gasteiger partial charge on any atom is 0.191 e. The summed E-state index contributed by atoms with van der Waals surface area (Å²) < 4.78 is 21.9. The van der Waals surface area contributed by atoms with Gasteiger partial charge in [0, 0.05) is 32.8 Å². The Morgan fingerprint density at radius 1 is 1.17 bits per heavy atom. The third kappa shape index (κ3) is 8.92. The van der Waals surface area contributed by atoms with Gasteiger partial charge in [0.2, 0.25) is 0 Å². The van der Waals surface area contributed by atoms with E-state index in [2.05, 4.69) is 28.6 Å². The highest BCUT2D eigenvalue weighted by Gasteiger charge is 2.14. The van der Waals surface area contributed by atoms with E-state index in [1.165, 1.54) is 5.56 Å². The summed E-state index contributed by atoms with van der Waals surface area (Å²) in [6, 6.07) is 6.05. The van der Waals surface area contributed by atoms with Crippen LogP contribution in [0, 0.1) is 0 Å². The maximum atomic E-state index is 5.70. The van der Waals surface area contributed by atoms with E-state index >= 15 is 0 Å². The molecule has 1 unspecified atom stereocenters. The molecule has 0 spiro atoms. The monoisotopic (exact) mass is 407 g/mol. The predicted octanol–water partition coefficient (Wildman–Crippen LogP) is 2.78. The SMILES string of the molecule is CCNC(=NCCCc1ccc(OC)c(OC)c1)NCCCOCC1CCCO1. The second-order valence-corrected chi connectivity index (χ2v) is 7.04. The molecule has 0 saturated carbocycles. The second kappa shape index (κ2) is 14.1. The van der Waals surface area contributed by atoms with E-state index in [1.54, 1.807) is 14.2 Å². The van der Waals surface area contributed by atoms with Gasteiger partial charge in [-0.15, -0.1) is 0 Å². The fourth-order valence-electron chi connectivity index (χ4n) is 3.22. The van der Waals surface area contributed by atoms with Crippen molar-refractivity contribution in [3.8, 4) is 11.5 Å². The van der Waals surface area contributed by atoms with Crippen molar-refractivity contribution >= 4 is 5.96 Å². The zero-order chi connectivity index (χ0) is 20.7. The van der Waals surface area contributed by atoms with Gasteiger partial charge in [-0.3, -0.25) is 4.99 Å². The molecule has 1 aromatic rings. The number of aryl methyl sites for hydroxylation is 1. The number of hydrogen-bond acceptors (Lipinski definition) is 5. The number of nitrogens with zero attached hydrogens (tertiary/aromatic N) is 1. The smallest absolute Gasteiger partial charge is 0.191 e. The van der Waals surface area contributed by atoms with Gasteiger partial charge >= 0.3 is 0 Å². The predicted molar refractivity (Wildman–Crippen MR) is 116 cm³/mol. The lowest BCUT2D eigenvalue weighted by molar-refractivity contribution is 0.0168. The fourth-order valence-corrected chi connectivity index (χ4v) is 3.22. The van der Waals surface area contributed by atoms with Crippen molar-refractivity contribution in [2.45, 2.75) is 45.1 Å². The molecule has 7 heteroatoms. The first-order valence-electron chi connectivity index (χ1n) is 10.7. The molecule has 0 amide bonds. The maximum absolute atomic E-state index is 5.70. The molecule has 1 aliphatic rings. The second-order valence-electron chi connectivity index (χ2n) is 7.04. The number of aliphatic imine (C=N–C) groups is 1. The van der Waals surface area contributed by atoms with Gasteiger partial charge in [0.25, 0.3) is 0 Å². The normalized spacial score (nSPS) is 16.7.